The molecule has 3 atom stereocenters. The SMILES string of the molecule is CCC(C)SCC1CSC(CS)CS1. The second-order valence-corrected chi connectivity index (χ2v) is 8.15. The van der Waals surface area contributed by atoms with Gasteiger partial charge in [0, 0.05) is 38.8 Å². The molecule has 1 aliphatic rings. The summed E-state index contributed by atoms with van der Waals surface area (Å²) in [5.74, 6) is 5.02. The molecule has 84 valence electrons. The van der Waals surface area contributed by atoms with Gasteiger partial charge in [-0.3, -0.25) is 0 Å². The highest BCUT2D eigenvalue weighted by Crippen LogP contribution is 2.33. The number of thiol groups is 1. The minimum atomic E-state index is 0.799. The van der Waals surface area contributed by atoms with Crippen LogP contribution in [0.5, 0.6) is 0 Å². The minimum Gasteiger partial charge on any atom is -0.178 e. The quantitative estimate of drug-likeness (QED) is 0.756. The zero-order valence-electron chi connectivity index (χ0n) is 8.94. The number of hydrogen-bond donors (Lipinski definition) is 1. The van der Waals surface area contributed by atoms with E-state index in [1.807, 2.05) is 0 Å². The fraction of sp³-hybridized carbons (Fsp3) is 1.00. The third-order valence-electron chi connectivity index (χ3n) is 2.38. The first-order valence-electron chi connectivity index (χ1n) is 5.22. The van der Waals surface area contributed by atoms with Crippen molar-refractivity contribution in [2.24, 2.45) is 0 Å². The predicted octanol–water partition coefficient (Wildman–Crippen LogP) is 3.67. The van der Waals surface area contributed by atoms with Crippen molar-refractivity contribution in [2.75, 3.05) is 23.0 Å². The lowest BCUT2D eigenvalue weighted by molar-refractivity contribution is 0.903. The Bertz CT molecular complexity index is 143. The number of thioether (sulfide) groups is 3. The van der Waals surface area contributed by atoms with Gasteiger partial charge in [-0.1, -0.05) is 13.8 Å². The van der Waals surface area contributed by atoms with Gasteiger partial charge in [0.2, 0.25) is 0 Å². The molecule has 0 spiro atoms. The van der Waals surface area contributed by atoms with Crippen LogP contribution in [0.25, 0.3) is 0 Å². The van der Waals surface area contributed by atoms with Crippen molar-refractivity contribution in [3.63, 3.8) is 0 Å². The van der Waals surface area contributed by atoms with E-state index >= 15 is 0 Å². The molecule has 1 aliphatic heterocycles. The Balaban J connectivity index is 2.10. The van der Waals surface area contributed by atoms with Crippen LogP contribution in [0.1, 0.15) is 20.3 Å². The Morgan fingerprint density at radius 1 is 1.36 bits per heavy atom. The lowest BCUT2D eigenvalue weighted by atomic mass is 10.4. The van der Waals surface area contributed by atoms with Crippen LogP contribution in [0.3, 0.4) is 0 Å². The van der Waals surface area contributed by atoms with E-state index in [2.05, 4.69) is 61.8 Å². The lowest BCUT2D eigenvalue weighted by Gasteiger charge is -2.27. The van der Waals surface area contributed by atoms with E-state index in [-0.39, 0.29) is 0 Å². The normalized spacial score (nSPS) is 30.2. The van der Waals surface area contributed by atoms with Crippen LogP contribution in [0, 0.1) is 0 Å². The van der Waals surface area contributed by atoms with E-state index in [9.17, 15) is 0 Å². The van der Waals surface area contributed by atoms with Gasteiger partial charge in [-0.2, -0.15) is 47.9 Å². The maximum Gasteiger partial charge on any atom is 0.0229 e. The Kier molecular flexibility index (Phi) is 7.35. The van der Waals surface area contributed by atoms with Gasteiger partial charge in [-0.15, -0.1) is 0 Å². The third-order valence-corrected chi connectivity index (χ3v) is 8.00. The maximum atomic E-state index is 4.35. The van der Waals surface area contributed by atoms with E-state index in [1.54, 1.807) is 0 Å². The van der Waals surface area contributed by atoms with E-state index in [0.717, 1.165) is 21.5 Å². The second-order valence-electron chi connectivity index (χ2n) is 3.65. The molecule has 0 aromatic rings. The highest BCUT2D eigenvalue weighted by Gasteiger charge is 2.21. The minimum absolute atomic E-state index is 0.799. The summed E-state index contributed by atoms with van der Waals surface area (Å²) >= 11 is 10.8. The summed E-state index contributed by atoms with van der Waals surface area (Å²) in [6.45, 7) is 4.61. The monoisotopic (exact) mass is 268 g/mol. The highest BCUT2D eigenvalue weighted by atomic mass is 32.2. The van der Waals surface area contributed by atoms with Crippen LogP contribution < -0.4 is 0 Å². The van der Waals surface area contributed by atoms with E-state index in [4.69, 9.17) is 0 Å². The lowest BCUT2D eigenvalue weighted by Crippen LogP contribution is -2.24. The first-order chi connectivity index (χ1) is 6.76. The fourth-order valence-corrected chi connectivity index (χ4v) is 6.02. The molecule has 1 rings (SSSR count). The van der Waals surface area contributed by atoms with Gasteiger partial charge in [0.05, 0.1) is 0 Å². The van der Waals surface area contributed by atoms with Crippen LogP contribution in [0.15, 0.2) is 0 Å². The maximum absolute atomic E-state index is 4.35. The van der Waals surface area contributed by atoms with Gasteiger partial charge < -0.3 is 0 Å². The van der Waals surface area contributed by atoms with E-state index in [1.165, 1.54) is 23.7 Å². The largest absolute Gasteiger partial charge is 0.178 e. The van der Waals surface area contributed by atoms with Crippen molar-refractivity contribution in [3.05, 3.63) is 0 Å². The molecule has 0 radical (unpaired) electrons. The molecule has 0 aliphatic carbocycles. The molecule has 0 N–H and O–H groups in total. The topological polar surface area (TPSA) is 0 Å². The third kappa shape index (κ3) is 4.95. The molecule has 0 bridgehead atoms. The zero-order valence-corrected chi connectivity index (χ0v) is 12.3. The summed E-state index contributed by atoms with van der Waals surface area (Å²) in [4.78, 5) is 0. The second kappa shape index (κ2) is 7.64. The Hall–Kier alpha value is 1.40. The van der Waals surface area contributed by atoms with Crippen molar-refractivity contribution in [1.29, 1.82) is 0 Å². The van der Waals surface area contributed by atoms with Gasteiger partial charge in [-0.25, -0.2) is 0 Å². The Morgan fingerprint density at radius 2 is 2.00 bits per heavy atom. The van der Waals surface area contributed by atoms with Gasteiger partial charge in [-0.05, 0) is 6.42 Å². The molecule has 0 nitrogen and oxygen atoms in total. The number of rotatable bonds is 5. The van der Waals surface area contributed by atoms with Gasteiger partial charge in [0.15, 0.2) is 0 Å². The van der Waals surface area contributed by atoms with E-state index < -0.39 is 0 Å². The highest BCUT2D eigenvalue weighted by molar-refractivity contribution is 8.08. The van der Waals surface area contributed by atoms with Crippen LogP contribution in [-0.2, 0) is 0 Å². The Morgan fingerprint density at radius 3 is 2.50 bits per heavy atom. The molecule has 3 unspecified atom stereocenters. The molecular formula is C10H20S4. The average molecular weight is 269 g/mol. The molecule has 0 saturated carbocycles. The average Bonchev–Trinajstić information content (AvgIpc) is 2.26. The molecule has 4 heteroatoms. The summed E-state index contributed by atoms with van der Waals surface area (Å²) in [5.41, 5.74) is 0. The molecular weight excluding hydrogens is 248 g/mol. The van der Waals surface area contributed by atoms with Crippen LogP contribution in [-0.4, -0.2) is 38.8 Å². The van der Waals surface area contributed by atoms with Crippen LogP contribution in [0.2, 0.25) is 0 Å². The van der Waals surface area contributed by atoms with Crippen LogP contribution >= 0.6 is 47.9 Å². The van der Waals surface area contributed by atoms with E-state index in [0.29, 0.717) is 0 Å². The van der Waals surface area contributed by atoms with Gasteiger partial charge in [0.1, 0.15) is 0 Å². The number of hydrogen-bond acceptors (Lipinski definition) is 4. The smallest absolute Gasteiger partial charge is 0.0229 e. The standard InChI is InChI=1S/C10H20S4/c1-3-8(2)12-6-10-7-13-9(4-11)5-14-10/h8-11H,3-7H2,1-2H3. The summed E-state index contributed by atoms with van der Waals surface area (Å²) < 4.78 is 0. The van der Waals surface area contributed by atoms with Crippen molar-refractivity contribution in [3.8, 4) is 0 Å². The van der Waals surface area contributed by atoms with Gasteiger partial charge >= 0.3 is 0 Å². The van der Waals surface area contributed by atoms with Crippen molar-refractivity contribution in [2.45, 2.75) is 36.0 Å². The zero-order chi connectivity index (χ0) is 10.4. The van der Waals surface area contributed by atoms with Crippen LogP contribution in [0.4, 0.5) is 0 Å². The molecule has 1 heterocycles. The first kappa shape index (κ1) is 13.5. The van der Waals surface area contributed by atoms with Crippen molar-refractivity contribution < 1.29 is 0 Å². The molecule has 1 saturated heterocycles. The fourth-order valence-electron chi connectivity index (χ4n) is 1.17. The van der Waals surface area contributed by atoms with Crippen molar-refractivity contribution >= 4 is 47.9 Å². The molecule has 0 amide bonds. The molecule has 1 fully saturated rings. The molecule has 0 aromatic heterocycles. The predicted molar refractivity (Wildman–Crippen MR) is 78.6 cm³/mol. The summed E-state index contributed by atoms with van der Waals surface area (Å²) in [5, 5.41) is 2.52. The summed E-state index contributed by atoms with van der Waals surface area (Å²) in [7, 11) is 0. The first-order valence-corrected chi connectivity index (χ1v) is 8.99. The molecule has 0 aromatic carbocycles. The molecule has 14 heavy (non-hydrogen) atoms. The summed E-state index contributed by atoms with van der Waals surface area (Å²) in [6.07, 6.45) is 1.30. The van der Waals surface area contributed by atoms with Gasteiger partial charge in [0.25, 0.3) is 0 Å². The Labute approximate surface area is 107 Å². The van der Waals surface area contributed by atoms with Crippen molar-refractivity contribution in [1.82, 2.24) is 0 Å². The summed E-state index contributed by atoms with van der Waals surface area (Å²) in [6, 6.07) is 0.